The summed E-state index contributed by atoms with van der Waals surface area (Å²) in [6.07, 6.45) is 0.663. The second-order valence-electron chi connectivity index (χ2n) is 4.89. The fraction of sp³-hybridized carbons (Fsp3) is 0.333. The molecule has 1 aromatic heterocycles. The molecule has 0 radical (unpaired) electrons. The topological polar surface area (TPSA) is 25.8 Å². The Balaban J connectivity index is 2.29. The normalized spacial score (nSPS) is 11.1. The van der Waals surface area contributed by atoms with Gasteiger partial charge in [-0.2, -0.15) is 0 Å². The number of hydrogen-bond donors (Lipinski definition) is 0. The zero-order valence-electron chi connectivity index (χ0n) is 11.2. The van der Waals surface area contributed by atoms with E-state index in [0.29, 0.717) is 17.5 Å². The first kappa shape index (κ1) is 14.3. The van der Waals surface area contributed by atoms with Gasteiger partial charge in [-0.25, -0.2) is 9.97 Å². The van der Waals surface area contributed by atoms with Crippen LogP contribution in [-0.4, -0.2) is 9.97 Å². The molecule has 1 heterocycles. The highest BCUT2D eigenvalue weighted by Gasteiger charge is 2.13. The van der Waals surface area contributed by atoms with Crippen molar-refractivity contribution in [3.63, 3.8) is 0 Å². The summed E-state index contributed by atoms with van der Waals surface area (Å²) in [5.41, 5.74) is 3.11. The largest absolute Gasteiger partial charge is 0.237 e. The Kier molecular flexibility index (Phi) is 4.43. The molecule has 0 spiro atoms. The first-order valence-electron chi connectivity index (χ1n) is 6.24. The predicted octanol–water partition coefficient (Wildman–Crippen LogP) is 4.81. The lowest BCUT2D eigenvalue weighted by Crippen LogP contribution is -2.05. The van der Waals surface area contributed by atoms with E-state index in [2.05, 4.69) is 23.8 Å². The van der Waals surface area contributed by atoms with Gasteiger partial charge in [0.1, 0.15) is 11.0 Å². The average molecular weight is 295 g/mol. The summed E-state index contributed by atoms with van der Waals surface area (Å²) in [7, 11) is 0. The van der Waals surface area contributed by atoms with E-state index in [0.717, 1.165) is 27.7 Å². The molecule has 2 aromatic rings. The van der Waals surface area contributed by atoms with E-state index in [-0.39, 0.29) is 0 Å². The molecule has 19 heavy (non-hydrogen) atoms. The molecular weight excluding hydrogens is 279 g/mol. The second-order valence-corrected chi connectivity index (χ2v) is 5.68. The van der Waals surface area contributed by atoms with Crippen LogP contribution in [0.1, 0.15) is 42.4 Å². The molecule has 0 fully saturated rings. The van der Waals surface area contributed by atoms with Crippen LogP contribution >= 0.6 is 23.2 Å². The molecule has 0 aliphatic rings. The fourth-order valence-corrected chi connectivity index (χ4v) is 2.70. The van der Waals surface area contributed by atoms with E-state index < -0.39 is 0 Å². The minimum absolute atomic E-state index is 0.331. The van der Waals surface area contributed by atoms with Crippen LogP contribution in [0.25, 0.3) is 0 Å². The van der Waals surface area contributed by atoms with Crippen molar-refractivity contribution in [3.8, 4) is 0 Å². The smallest absolute Gasteiger partial charge is 0.136 e. The SMILES string of the molecule is Cc1nc(Cc2ccc(Cl)cc2)nc(Cl)c1C(C)C. The Hall–Kier alpha value is -1.12. The first-order chi connectivity index (χ1) is 8.97. The Morgan fingerprint density at radius 1 is 1.05 bits per heavy atom. The lowest BCUT2D eigenvalue weighted by Gasteiger charge is -2.12. The second kappa shape index (κ2) is 5.89. The highest BCUT2D eigenvalue weighted by atomic mass is 35.5. The summed E-state index contributed by atoms with van der Waals surface area (Å²) in [5, 5.41) is 1.29. The van der Waals surface area contributed by atoms with Gasteiger partial charge in [0.25, 0.3) is 0 Å². The Morgan fingerprint density at radius 3 is 2.21 bits per heavy atom. The van der Waals surface area contributed by atoms with E-state index in [9.17, 15) is 0 Å². The summed E-state index contributed by atoms with van der Waals surface area (Å²) in [6.45, 7) is 6.17. The van der Waals surface area contributed by atoms with Crippen molar-refractivity contribution in [2.75, 3.05) is 0 Å². The van der Waals surface area contributed by atoms with Gasteiger partial charge in [-0.05, 0) is 30.5 Å². The van der Waals surface area contributed by atoms with Crippen LogP contribution in [0, 0.1) is 6.92 Å². The zero-order chi connectivity index (χ0) is 14.0. The maximum absolute atomic E-state index is 6.25. The van der Waals surface area contributed by atoms with Crippen molar-refractivity contribution in [3.05, 3.63) is 57.1 Å². The zero-order valence-corrected chi connectivity index (χ0v) is 12.8. The van der Waals surface area contributed by atoms with Crippen molar-refractivity contribution in [1.82, 2.24) is 9.97 Å². The van der Waals surface area contributed by atoms with Crippen LogP contribution in [0.4, 0.5) is 0 Å². The van der Waals surface area contributed by atoms with Gasteiger partial charge >= 0.3 is 0 Å². The summed E-state index contributed by atoms with van der Waals surface area (Å²) in [5.74, 6) is 1.08. The standard InChI is InChI=1S/C15H16Cl2N2/c1-9(2)14-10(3)18-13(19-15(14)17)8-11-4-6-12(16)7-5-11/h4-7,9H,8H2,1-3H3. The Morgan fingerprint density at radius 2 is 1.68 bits per heavy atom. The fourth-order valence-electron chi connectivity index (χ4n) is 2.12. The molecule has 0 saturated carbocycles. The van der Waals surface area contributed by atoms with Crippen molar-refractivity contribution in [1.29, 1.82) is 0 Å². The number of halogens is 2. The molecule has 2 nitrogen and oxygen atoms in total. The quantitative estimate of drug-likeness (QED) is 0.760. The maximum atomic E-state index is 6.25. The van der Waals surface area contributed by atoms with Crippen molar-refractivity contribution in [2.24, 2.45) is 0 Å². The molecule has 0 atom stereocenters. The molecule has 0 aliphatic heterocycles. The molecule has 0 saturated heterocycles. The highest BCUT2D eigenvalue weighted by Crippen LogP contribution is 2.25. The van der Waals surface area contributed by atoms with Crippen molar-refractivity contribution in [2.45, 2.75) is 33.1 Å². The highest BCUT2D eigenvalue weighted by molar-refractivity contribution is 6.30. The number of aromatic nitrogens is 2. The van der Waals surface area contributed by atoms with E-state index in [1.807, 2.05) is 31.2 Å². The number of rotatable bonds is 3. The third kappa shape index (κ3) is 3.46. The number of hydrogen-bond acceptors (Lipinski definition) is 2. The van der Waals surface area contributed by atoms with Crippen LogP contribution in [-0.2, 0) is 6.42 Å². The minimum atomic E-state index is 0.331. The van der Waals surface area contributed by atoms with Crippen LogP contribution < -0.4 is 0 Å². The maximum Gasteiger partial charge on any atom is 0.136 e. The van der Waals surface area contributed by atoms with Gasteiger partial charge in [0, 0.05) is 22.7 Å². The number of nitrogens with zero attached hydrogens (tertiary/aromatic N) is 2. The van der Waals surface area contributed by atoms with Gasteiger partial charge in [-0.3, -0.25) is 0 Å². The molecule has 4 heteroatoms. The summed E-state index contributed by atoms with van der Waals surface area (Å²) >= 11 is 12.1. The van der Waals surface area contributed by atoms with Crippen LogP contribution in [0.3, 0.4) is 0 Å². The monoisotopic (exact) mass is 294 g/mol. The summed E-state index contributed by atoms with van der Waals surface area (Å²) in [6, 6.07) is 7.69. The lowest BCUT2D eigenvalue weighted by atomic mass is 10.0. The molecule has 0 aliphatic carbocycles. The lowest BCUT2D eigenvalue weighted by molar-refractivity contribution is 0.810. The third-order valence-electron chi connectivity index (χ3n) is 2.99. The minimum Gasteiger partial charge on any atom is -0.237 e. The third-order valence-corrected chi connectivity index (χ3v) is 3.53. The molecule has 0 amide bonds. The van der Waals surface area contributed by atoms with Gasteiger partial charge in [0.05, 0.1) is 0 Å². The predicted molar refractivity (Wildman–Crippen MR) is 80.1 cm³/mol. The van der Waals surface area contributed by atoms with E-state index in [1.165, 1.54) is 0 Å². The number of benzene rings is 1. The van der Waals surface area contributed by atoms with Gasteiger partial charge in [-0.15, -0.1) is 0 Å². The number of aryl methyl sites for hydroxylation is 1. The molecule has 0 N–H and O–H groups in total. The Labute approximate surface area is 123 Å². The van der Waals surface area contributed by atoms with Gasteiger partial charge in [0.2, 0.25) is 0 Å². The van der Waals surface area contributed by atoms with Crippen molar-refractivity contribution >= 4 is 23.2 Å². The molecular formula is C15H16Cl2N2. The molecule has 0 bridgehead atoms. The van der Waals surface area contributed by atoms with Gasteiger partial charge in [0.15, 0.2) is 0 Å². The van der Waals surface area contributed by atoms with Gasteiger partial charge in [-0.1, -0.05) is 49.2 Å². The Bertz CT molecular complexity index is 554. The van der Waals surface area contributed by atoms with E-state index in [1.54, 1.807) is 0 Å². The first-order valence-corrected chi connectivity index (χ1v) is 7.00. The van der Waals surface area contributed by atoms with Gasteiger partial charge < -0.3 is 0 Å². The summed E-state index contributed by atoms with van der Waals surface area (Å²) < 4.78 is 0. The molecule has 1 aromatic carbocycles. The molecule has 0 unspecified atom stereocenters. The molecule has 100 valence electrons. The van der Waals surface area contributed by atoms with Crippen molar-refractivity contribution < 1.29 is 0 Å². The van der Waals surface area contributed by atoms with Crippen LogP contribution in [0.15, 0.2) is 24.3 Å². The van der Waals surface area contributed by atoms with Crippen LogP contribution in [0.2, 0.25) is 10.2 Å². The van der Waals surface area contributed by atoms with E-state index >= 15 is 0 Å². The molecule has 2 rings (SSSR count). The average Bonchev–Trinajstić information content (AvgIpc) is 2.30. The summed E-state index contributed by atoms with van der Waals surface area (Å²) in [4.78, 5) is 8.94. The van der Waals surface area contributed by atoms with Crippen LogP contribution in [0.5, 0.6) is 0 Å². The van der Waals surface area contributed by atoms with E-state index in [4.69, 9.17) is 23.2 Å².